The maximum atomic E-state index is 3.89. The molecule has 0 bridgehead atoms. The molecule has 3 heteroatoms. The molecular weight excluding hydrogens is 474 g/mol. The van der Waals surface area contributed by atoms with Gasteiger partial charge in [-0.2, -0.15) is 0 Å². The van der Waals surface area contributed by atoms with Gasteiger partial charge in [-0.15, -0.1) is 0 Å². The fraction of sp³-hybridized carbons (Fsp3) is 0.444. The van der Waals surface area contributed by atoms with Gasteiger partial charge in [0.25, 0.3) is 0 Å². The maximum Gasteiger partial charge on any atom is 0.0505 e. The maximum absolute atomic E-state index is 3.89. The first-order chi connectivity index (χ1) is 18.1. The van der Waals surface area contributed by atoms with Crippen LogP contribution in [0.25, 0.3) is 5.57 Å². The monoisotopic (exact) mass is 519 g/mol. The summed E-state index contributed by atoms with van der Waals surface area (Å²) in [5, 5.41) is 11.4. The third-order valence-electron chi connectivity index (χ3n) is 9.43. The summed E-state index contributed by atoms with van der Waals surface area (Å²) in [7, 11) is 0. The number of hydrogen-bond donors (Lipinski definition) is 3. The Kier molecular flexibility index (Phi) is 5.45. The van der Waals surface area contributed by atoms with Gasteiger partial charge in [-0.05, 0) is 113 Å². The summed E-state index contributed by atoms with van der Waals surface area (Å²) in [6, 6.07) is 23.2. The second-order valence-electron chi connectivity index (χ2n) is 14.8. The molecule has 0 aromatic heterocycles. The summed E-state index contributed by atoms with van der Waals surface area (Å²) in [5.74, 6) is 0. The Balaban J connectivity index is 1.52. The van der Waals surface area contributed by atoms with Crippen molar-refractivity contribution < 1.29 is 0 Å². The molecule has 0 aliphatic carbocycles. The van der Waals surface area contributed by atoms with Crippen LogP contribution in [-0.2, 0) is 10.8 Å². The average molecular weight is 520 g/mol. The van der Waals surface area contributed by atoms with Gasteiger partial charge in [0, 0.05) is 44.5 Å². The molecular formula is C36H45N3. The van der Waals surface area contributed by atoms with Crippen molar-refractivity contribution in [2.45, 2.75) is 103 Å². The first-order valence-electron chi connectivity index (χ1n) is 14.5. The summed E-state index contributed by atoms with van der Waals surface area (Å²) in [6.45, 7) is 21.0. The highest BCUT2D eigenvalue weighted by atomic mass is 15.0. The SMILES string of the molecule is CC1=CC(C)(C)Nc2ccc(C3(C)CC(C)(C)Nc4ccc(C5(C)CC(C)(C)Nc6ccccc65)cc43)cc21. The van der Waals surface area contributed by atoms with E-state index in [1.54, 1.807) is 0 Å². The van der Waals surface area contributed by atoms with Gasteiger partial charge in [0.15, 0.2) is 0 Å². The second kappa shape index (κ2) is 8.16. The Bertz CT molecular complexity index is 1510. The van der Waals surface area contributed by atoms with E-state index in [1.807, 2.05) is 0 Å². The van der Waals surface area contributed by atoms with Gasteiger partial charge in [-0.1, -0.05) is 56.3 Å². The van der Waals surface area contributed by atoms with Gasteiger partial charge in [-0.3, -0.25) is 0 Å². The molecule has 2 unspecified atom stereocenters. The molecule has 3 N–H and O–H groups in total. The lowest BCUT2D eigenvalue weighted by Crippen LogP contribution is -2.47. The van der Waals surface area contributed by atoms with Crippen molar-refractivity contribution in [1.29, 1.82) is 0 Å². The Labute approximate surface area is 235 Å². The summed E-state index contributed by atoms with van der Waals surface area (Å²) in [6.07, 6.45) is 4.42. The zero-order valence-electron chi connectivity index (χ0n) is 25.3. The fourth-order valence-corrected chi connectivity index (χ4v) is 8.14. The number of allylic oxidation sites excluding steroid dienone is 1. The summed E-state index contributed by atoms with van der Waals surface area (Å²) in [5.41, 5.74) is 11.7. The van der Waals surface area contributed by atoms with E-state index in [0.717, 1.165) is 12.8 Å². The molecule has 0 saturated heterocycles. The van der Waals surface area contributed by atoms with Crippen LogP contribution in [0.5, 0.6) is 0 Å². The second-order valence-corrected chi connectivity index (χ2v) is 14.8. The molecule has 0 amide bonds. The topological polar surface area (TPSA) is 36.1 Å². The van der Waals surface area contributed by atoms with Crippen LogP contribution >= 0.6 is 0 Å². The predicted octanol–water partition coefficient (Wildman–Crippen LogP) is 9.09. The van der Waals surface area contributed by atoms with Gasteiger partial charge in [0.2, 0.25) is 0 Å². The van der Waals surface area contributed by atoms with Crippen LogP contribution in [0.15, 0.2) is 66.7 Å². The minimum Gasteiger partial charge on any atom is -0.380 e. The van der Waals surface area contributed by atoms with Crippen LogP contribution in [0.3, 0.4) is 0 Å². The lowest BCUT2D eigenvalue weighted by atomic mass is 9.62. The minimum atomic E-state index is -0.124. The lowest BCUT2D eigenvalue weighted by molar-refractivity contribution is 0.369. The van der Waals surface area contributed by atoms with Crippen molar-refractivity contribution in [2.75, 3.05) is 16.0 Å². The molecule has 3 aliphatic heterocycles. The Morgan fingerprint density at radius 3 is 1.77 bits per heavy atom. The first-order valence-corrected chi connectivity index (χ1v) is 14.5. The van der Waals surface area contributed by atoms with Crippen LogP contribution < -0.4 is 16.0 Å². The largest absolute Gasteiger partial charge is 0.380 e. The standard InChI is InChI=1S/C36H45N3/c1-23-20-32(2,3)37-29-16-14-24(18-26(23)29)36(9)22-34(6,7)39-31-17-15-25(19-28(31)36)35(8)21-33(4,5)38-30-13-11-10-12-27(30)35/h10-20,37-39H,21-22H2,1-9H3. The van der Waals surface area contributed by atoms with Crippen molar-refractivity contribution in [3.8, 4) is 0 Å². The molecule has 3 aromatic carbocycles. The Hall–Kier alpha value is -3.20. The molecule has 3 aliphatic rings. The van der Waals surface area contributed by atoms with E-state index in [4.69, 9.17) is 0 Å². The smallest absolute Gasteiger partial charge is 0.0505 e. The highest BCUT2D eigenvalue weighted by molar-refractivity contribution is 5.81. The van der Waals surface area contributed by atoms with Crippen molar-refractivity contribution in [2.24, 2.45) is 0 Å². The van der Waals surface area contributed by atoms with E-state index >= 15 is 0 Å². The summed E-state index contributed by atoms with van der Waals surface area (Å²) >= 11 is 0. The molecule has 39 heavy (non-hydrogen) atoms. The van der Waals surface area contributed by atoms with Crippen molar-refractivity contribution in [3.05, 3.63) is 94.6 Å². The van der Waals surface area contributed by atoms with Gasteiger partial charge in [-0.25, -0.2) is 0 Å². The molecule has 3 heterocycles. The van der Waals surface area contributed by atoms with Gasteiger partial charge in [0.1, 0.15) is 0 Å². The highest BCUT2D eigenvalue weighted by Gasteiger charge is 2.45. The third-order valence-corrected chi connectivity index (χ3v) is 9.43. The minimum absolute atomic E-state index is 0.00564. The zero-order chi connectivity index (χ0) is 28.0. The predicted molar refractivity (Wildman–Crippen MR) is 168 cm³/mol. The highest BCUT2D eigenvalue weighted by Crippen LogP contribution is 2.52. The molecule has 2 atom stereocenters. The number of anilines is 3. The van der Waals surface area contributed by atoms with E-state index in [2.05, 4.69) is 145 Å². The van der Waals surface area contributed by atoms with E-state index in [1.165, 1.54) is 50.5 Å². The number of nitrogens with one attached hydrogen (secondary N) is 3. The molecule has 3 aromatic rings. The van der Waals surface area contributed by atoms with Crippen molar-refractivity contribution >= 4 is 22.6 Å². The van der Waals surface area contributed by atoms with Crippen LogP contribution in [0, 0.1) is 0 Å². The molecule has 204 valence electrons. The van der Waals surface area contributed by atoms with Crippen LogP contribution in [0.1, 0.15) is 103 Å². The van der Waals surface area contributed by atoms with Gasteiger partial charge >= 0.3 is 0 Å². The molecule has 6 rings (SSSR count). The average Bonchev–Trinajstić information content (AvgIpc) is 2.81. The number of hydrogen-bond acceptors (Lipinski definition) is 3. The molecule has 0 saturated carbocycles. The fourth-order valence-electron chi connectivity index (χ4n) is 8.14. The first kappa shape index (κ1) is 26.0. The van der Waals surface area contributed by atoms with Crippen molar-refractivity contribution in [3.63, 3.8) is 0 Å². The number of para-hydroxylation sites is 1. The molecule has 3 nitrogen and oxygen atoms in total. The lowest BCUT2D eigenvalue weighted by Gasteiger charge is -2.48. The van der Waals surface area contributed by atoms with E-state index < -0.39 is 0 Å². The quantitative estimate of drug-likeness (QED) is 0.316. The normalized spacial score (nSPS) is 27.5. The van der Waals surface area contributed by atoms with Crippen molar-refractivity contribution in [1.82, 2.24) is 0 Å². The Morgan fingerprint density at radius 1 is 0.564 bits per heavy atom. The van der Waals surface area contributed by atoms with Gasteiger partial charge in [0.05, 0.1) is 5.54 Å². The molecule has 0 radical (unpaired) electrons. The van der Waals surface area contributed by atoms with E-state index in [0.29, 0.717) is 0 Å². The number of benzene rings is 3. The Morgan fingerprint density at radius 2 is 1.10 bits per heavy atom. The van der Waals surface area contributed by atoms with Crippen LogP contribution in [0.2, 0.25) is 0 Å². The third kappa shape index (κ3) is 4.26. The zero-order valence-corrected chi connectivity index (χ0v) is 25.3. The molecule has 0 spiro atoms. The van der Waals surface area contributed by atoms with Gasteiger partial charge < -0.3 is 16.0 Å². The van der Waals surface area contributed by atoms with E-state index in [9.17, 15) is 0 Å². The van der Waals surface area contributed by atoms with E-state index in [-0.39, 0.29) is 27.4 Å². The van der Waals surface area contributed by atoms with Crippen LogP contribution in [0.4, 0.5) is 17.1 Å². The summed E-state index contributed by atoms with van der Waals surface area (Å²) < 4.78 is 0. The molecule has 0 fully saturated rings. The number of rotatable bonds is 2. The number of fused-ring (bicyclic) bond motifs is 3. The summed E-state index contributed by atoms with van der Waals surface area (Å²) in [4.78, 5) is 0. The van der Waals surface area contributed by atoms with Crippen LogP contribution in [-0.4, -0.2) is 16.6 Å².